The lowest BCUT2D eigenvalue weighted by molar-refractivity contribution is 1.39. The Morgan fingerprint density at radius 3 is 2.50 bits per heavy atom. The van der Waals surface area contributed by atoms with Crippen molar-refractivity contribution in [3.63, 3.8) is 0 Å². The van der Waals surface area contributed by atoms with E-state index in [4.69, 9.17) is 4.98 Å². The van der Waals surface area contributed by atoms with E-state index in [1.54, 1.807) is 0 Å². The minimum absolute atomic E-state index is 1.02. The van der Waals surface area contributed by atoms with Gasteiger partial charge in [0.1, 0.15) is 0 Å². The molecule has 0 saturated heterocycles. The molecule has 20 heavy (non-hydrogen) atoms. The standard InChI is InChI=1S/C19H13N/c1-2-13-6-8-14(9-7-13)18-12-16-11-10-15-4-3-5-17(20-18)19(15)16/h2-12H,1H2. The maximum absolute atomic E-state index is 4.80. The third kappa shape index (κ3) is 1.60. The maximum atomic E-state index is 4.80. The molecule has 2 aromatic carbocycles. The SMILES string of the molecule is C=Cc1ccc(-c2cc3c4c(cccc4n2)C=C3)cc1. The Morgan fingerprint density at radius 1 is 0.900 bits per heavy atom. The smallest absolute Gasteiger partial charge is 0.0721 e. The summed E-state index contributed by atoms with van der Waals surface area (Å²) in [4.78, 5) is 4.80. The van der Waals surface area contributed by atoms with Crippen LogP contribution in [0.2, 0.25) is 0 Å². The summed E-state index contributed by atoms with van der Waals surface area (Å²) in [6, 6.07) is 16.8. The Kier molecular flexibility index (Phi) is 2.33. The highest BCUT2D eigenvalue weighted by atomic mass is 14.7. The van der Waals surface area contributed by atoms with Crippen LogP contribution in [0.25, 0.3) is 40.4 Å². The lowest BCUT2D eigenvalue weighted by Crippen LogP contribution is -1.88. The number of pyridine rings is 1. The normalized spacial score (nSPS) is 12.0. The quantitative estimate of drug-likeness (QED) is 0.489. The van der Waals surface area contributed by atoms with Crippen molar-refractivity contribution in [3.8, 4) is 11.3 Å². The number of hydrogen-bond donors (Lipinski definition) is 0. The average Bonchev–Trinajstić information content (AvgIpc) is 2.92. The van der Waals surface area contributed by atoms with Crippen LogP contribution < -0.4 is 0 Å². The Balaban J connectivity index is 1.93. The van der Waals surface area contributed by atoms with E-state index in [0.29, 0.717) is 0 Å². The zero-order chi connectivity index (χ0) is 13.5. The molecule has 1 heteroatoms. The Bertz CT molecular complexity index is 855. The largest absolute Gasteiger partial charge is 0.248 e. The van der Waals surface area contributed by atoms with Gasteiger partial charge in [-0.1, -0.05) is 61.2 Å². The number of aromatic nitrogens is 1. The van der Waals surface area contributed by atoms with Crippen molar-refractivity contribution in [2.45, 2.75) is 0 Å². The van der Waals surface area contributed by atoms with Crippen LogP contribution in [0.5, 0.6) is 0 Å². The van der Waals surface area contributed by atoms with Crippen molar-refractivity contribution >= 4 is 29.1 Å². The van der Waals surface area contributed by atoms with Crippen LogP contribution in [0.4, 0.5) is 0 Å². The summed E-state index contributed by atoms with van der Waals surface area (Å²) in [5, 5.41) is 1.26. The fraction of sp³-hybridized carbons (Fsp3) is 0. The van der Waals surface area contributed by atoms with Crippen molar-refractivity contribution in [1.29, 1.82) is 0 Å². The van der Waals surface area contributed by atoms with E-state index in [-0.39, 0.29) is 0 Å². The summed E-state index contributed by atoms with van der Waals surface area (Å²) in [5.41, 5.74) is 6.87. The van der Waals surface area contributed by atoms with Crippen LogP contribution >= 0.6 is 0 Å². The van der Waals surface area contributed by atoms with Gasteiger partial charge in [-0.05, 0) is 28.8 Å². The molecule has 1 aromatic heterocycles. The first kappa shape index (κ1) is 11.2. The zero-order valence-electron chi connectivity index (χ0n) is 11.0. The fourth-order valence-electron chi connectivity index (χ4n) is 2.73. The highest BCUT2D eigenvalue weighted by Crippen LogP contribution is 2.33. The molecule has 1 heterocycles. The van der Waals surface area contributed by atoms with Gasteiger partial charge in [-0.2, -0.15) is 0 Å². The minimum atomic E-state index is 1.02. The van der Waals surface area contributed by atoms with Gasteiger partial charge in [0.2, 0.25) is 0 Å². The van der Waals surface area contributed by atoms with E-state index >= 15 is 0 Å². The summed E-state index contributed by atoms with van der Waals surface area (Å²) < 4.78 is 0. The highest BCUT2D eigenvalue weighted by molar-refractivity contribution is 6.04. The monoisotopic (exact) mass is 255 g/mol. The molecule has 3 aromatic rings. The number of benzene rings is 2. The van der Waals surface area contributed by atoms with Gasteiger partial charge in [-0.3, -0.25) is 0 Å². The lowest BCUT2D eigenvalue weighted by Gasteiger charge is -2.06. The Morgan fingerprint density at radius 2 is 1.70 bits per heavy atom. The molecule has 0 atom stereocenters. The van der Waals surface area contributed by atoms with Gasteiger partial charge in [0.05, 0.1) is 11.2 Å². The third-order valence-corrected chi connectivity index (χ3v) is 3.78. The van der Waals surface area contributed by atoms with E-state index in [0.717, 1.165) is 22.3 Å². The van der Waals surface area contributed by atoms with Crippen LogP contribution in [0.3, 0.4) is 0 Å². The molecule has 1 aliphatic carbocycles. The van der Waals surface area contributed by atoms with E-state index in [9.17, 15) is 0 Å². The molecule has 0 radical (unpaired) electrons. The van der Waals surface area contributed by atoms with Crippen molar-refractivity contribution in [2.75, 3.05) is 0 Å². The first-order chi connectivity index (χ1) is 9.85. The summed E-state index contributed by atoms with van der Waals surface area (Å²) in [6.45, 7) is 3.78. The molecule has 0 unspecified atom stereocenters. The topological polar surface area (TPSA) is 12.9 Å². The van der Waals surface area contributed by atoms with E-state index in [1.807, 2.05) is 6.08 Å². The summed E-state index contributed by atoms with van der Waals surface area (Å²) in [6.07, 6.45) is 6.18. The molecular formula is C19H13N. The molecule has 1 nitrogen and oxygen atoms in total. The van der Waals surface area contributed by atoms with Gasteiger partial charge in [-0.25, -0.2) is 4.98 Å². The van der Waals surface area contributed by atoms with E-state index in [2.05, 4.69) is 67.3 Å². The second-order valence-corrected chi connectivity index (χ2v) is 5.00. The van der Waals surface area contributed by atoms with Gasteiger partial charge in [-0.15, -0.1) is 0 Å². The lowest BCUT2D eigenvalue weighted by atomic mass is 10.0. The van der Waals surface area contributed by atoms with Gasteiger partial charge in [0.25, 0.3) is 0 Å². The van der Waals surface area contributed by atoms with Crippen LogP contribution in [0.1, 0.15) is 16.7 Å². The number of hydrogen-bond acceptors (Lipinski definition) is 1. The predicted octanol–water partition coefficient (Wildman–Crippen LogP) is 5.03. The minimum Gasteiger partial charge on any atom is -0.248 e. The molecule has 0 spiro atoms. The first-order valence-corrected chi connectivity index (χ1v) is 6.70. The molecule has 4 rings (SSSR count). The molecule has 0 bridgehead atoms. The predicted molar refractivity (Wildman–Crippen MR) is 86.2 cm³/mol. The van der Waals surface area contributed by atoms with Crippen LogP contribution in [-0.2, 0) is 0 Å². The van der Waals surface area contributed by atoms with Crippen LogP contribution in [-0.4, -0.2) is 4.98 Å². The molecule has 0 amide bonds. The zero-order valence-corrected chi connectivity index (χ0v) is 11.0. The molecule has 0 aliphatic heterocycles. The van der Waals surface area contributed by atoms with E-state index < -0.39 is 0 Å². The first-order valence-electron chi connectivity index (χ1n) is 6.70. The van der Waals surface area contributed by atoms with Gasteiger partial charge < -0.3 is 0 Å². The molecule has 94 valence electrons. The van der Waals surface area contributed by atoms with Crippen molar-refractivity contribution in [2.24, 2.45) is 0 Å². The Hall–Kier alpha value is -2.67. The summed E-state index contributed by atoms with van der Waals surface area (Å²) >= 11 is 0. The second-order valence-electron chi connectivity index (χ2n) is 5.00. The van der Waals surface area contributed by atoms with Gasteiger partial charge >= 0.3 is 0 Å². The molecule has 0 N–H and O–H groups in total. The highest BCUT2D eigenvalue weighted by Gasteiger charge is 2.12. The molecular weight excluding hydrogens is 242 g/mol. The Labute approximate surface area is 117 Å². The van der Waals surface area contributed by atoms with Crippen molar-refractivity contribution in [1.82, 2.24) is 4.98 Å². The van der Waals surface area contributed by atoms with Crippen molar-refractivity contribution < 1.29 is 0 Å². The number of rotatable bonds is 2. The second kappa shape index (κ2) is 4.17. The number of nitrogens with zero attached hydrogens (tertiary/aromatic N) is 1. The van der Waals surface area contributed by atoms with Crippen LogP contribution in [0, 0.1) is 0 Å². The molecule has 0 saturated carbocycles. The van der Waals surface area contributed by atoms with E-state index in [1.165, 1.54) is 16.5 Å². The summed E-state index contributed by atoms with van der Waals surface area (Å²) in [7, 11) is 0. The van der Waals surface area contributed by atoms with Gasteiger partial charge in [0, 0.05) is 10.9 Å². The maximum Gasteiger partial charge on any atom is 0.0721 e. The molecule has 1 aliphatic rings. The van der Waals surface area contributed by atoms with Crippen LogP contribution in [0.15, 0.2) is 55.1 Å². The summed E-state index contributed by atoms with van der Waals surface area (Å²) in [5.74, 6) is 0. The third-order valence-electron chi connectivity index (χ3n) is 3.78. The van der Waals surface area contributed by atoms with Gasteiger partial charge in [0.15, 0.2) is 0 Å². The van der Waals surface area contributed by atoms with Crippen molar-refractivity contribution in [3.05, 3.63) is 71.8 Å². The molecule has 0 fully saturated rings. The average molecular weight is 255 g/mol. The fourth-order valence-corrected chi connectivity index (χ4v) is 2.73.